The molecule has 0 radical (unpaired) electrons. The van der Waals surface area contributed by atoms with Crippen molar-refractivity contribution in [1.82, 2.24) is 9.97 Å². The zero-order chi connectivity index (χ0) is 15.6. The van der Waals surface area contributed by atoms with E-state index >= 15 is 0 Å². The highest BCUT2D eigenvalue weighted by molar-refractivity contribution is 6.30. The van der Waals surface area contributed by atoms with Crippen molar-refractivity contribution in [3.05, 3.63) is 40.7 Å². The molecule has 0 amide bonds. The topological polar surface area (TPSA) is 47.0 Å². The number of nitrogens with one attached hydrogen (secondary N) is 1. The molecule has 0 saturated carbocycles. The minimum Gasteiger partial charge on any atom is -0.439 e. The van der Waals surface area contributed by atoms with Crippen LogP contribution in [-0.2, 0) is 5.41 Å². The SMILES string of the molecule is CNc1cc(Oc2ccc(Cl)cc2C)nc(C(C)(C)C)n1. The molecule has 0 aliphatic carbocycles. The van der Waals surface area contributed by atoms with E-state index in [0.29, 0.717) is 10.9 Å². The van der Waals surface area contributed by atoms with E-state index in [2.05, 4.69) is 36.1 Å². The minimum absolute atomic E-state index is 0.153. The molecular weight excluding hydrogens is 286 g/mol. The summed E-state index contributed by atoms with van der Waals surface area (Å²) in [7, 11) is 1.83. The van der Waals surface area contributed by atoms with Gasteiger partial charge in [0.15, 0.2) is 0 Å². The van der Waals surface area contributed by atoms with Gasteiger partial charge in [-0.05, 0) is 30.7 Å². The Morgan fingerprint density at radius 3 is 2.43 bits per heavy atom. The van der Waals surface area contributed by atoms with Crippen LogP contribution in [0, 0.1) is 6.92 Å². The Bertz CT molecular complexity index is 650. The lowest BCUT2D eigenvalue weighted by Gasteiger charge is -2.18. The molecule has 1 aromatic heterocycles. The molecule has 1 heterocycles. The monoisotopic (exact) mass is 305 g/mol. The van der Waals surface area contributed by atoms with E-state index in [-0.39, 0.29) is 5.41 Å². The number of hydrogen-bond acceptors (Lipinski definition) is 4. The van der Waals surface area contributed by atoms with Crippen LogP contribution < -0.4 is 10.1 Å². The van der Waals surface area contributed by atoms with Crippen molar-refractivity contribution in [2.24, 2.45) is 0 Å². The number of aromatic nitrogens is 2. The van der Waals surface area contributed by atoms with E-state index in [0.717, 1.165) is 23.0 Å². The summed E-state index contributed by atoms with van der Waals surface area (Å²) in [5.74, 6) is 2.72. The van der Waals surface area contributed by atoms with E-state index in [1.54, 1.807) is 12.1 Å². The molecule has 0 saturated heterocycles. The van der Waals surface area contributed by atoms with E-state index in [1.807, 2.05) is 26.1 Å². The molecule has 2 rings (SSSR count). The van der Waals surface area contributed by atoms with Crippen molar-refractivity contribution in [1.29, 1.82) is 0 Å². The molecule has 0 bridgehead atoms. The number of benzene rings is 1. The first-order chi connectivity index (χ1) is 9.79. The molecular formula is C16H20ClN3O. The van der Waals surface area contributed by atoms with Gasteiger partial charge in [0.1, 0.15) is 17.4 Å². The van der Waals surface area contributed by atoms with E-state index in [1.165, 1.54) is 0 Å². The zero-order valence-corrected chi connectivity index (χ0v) is 13.7. The summed E-state index contributed by atoms with van der Waals surface area (Å²) in [6, 6.07) is 7.29. The zero-order valence-electron chi connectivity index (χ0n) is 13.0. The average Bonchev–Trinajstić information content (AvgIpc) is 2.40. The van der Waals surface area contributed by atoms with Crippen molar-refractivity contribution in [3.63, 3.8) is 0 Å². The Morgan fingerprint density at radius 1 is 1.14 bits per heavy atom. The Hall–Kier alpha value is -1.81. The standard InChI is InChI=1S/C16H20ClN3O/c1-10-8-11(17)6-7-12(10)21-14-9-13(18-5)19-15(20-14)16(2,3)4/h6-9H,1-5H3,(H,18,19,20). The molecule has 2 aromatic rings. The molecule has 0 atom stereocenters. The van der Waals surface area contributed by atoms with Gasteiger partial charge in [-0.25, -0.2) is 4.98 Å². The fraction of sp³-hybridized carbons (Fsp3) is 0.375. The number of anilines is 1. The lowest BCUT2D eigenvalue weighted by atomic mass is 9.96. The van der Waals surface area contributed by atoms with Crippen molar-refractivity contribution in [2.75, 3.05) is 12.4 Å². The van der Waals surface area contributed by atoms with Gasteiger partial charge in [0.25, 0.3) is 0 Å². The third-order valence-electron chi connectivity index (χ3n) is 2.98. The van der Waals surface area contributed by atoms with Crippen LogP contribution in [0.25, 0.3) is 0 Å². The summed E-state index contributed by atoms with van der Waals surface area (Å²) < 4.78 is 5.89. The van der Waals surface area contributed by atoms with Crippen LogP contribution >= 0.6 is 11.6 Å². The molecule has 0 unspecified atom stereocenters. The Balaban J connectivity index is 2.39. The Morgan fingerprint density at radius 2 is 1.86 bits per heavy atom. The van der Waals surface area contributed by atoms with Gasteiger partial charge in [0.2, 0.25) is 5.88 Å². The van der Waals surface area contributed by atoms with Gasteiger partial charge in [-0.3, -0.25) is 0 Å². The quantitative estimate of drug-likeness (QED) is 0.902. The number of hydrogen-bond donors (Lipinski definition) is 1. The number of aryl methyl sites for hydroxylation is 1. The fourth-order valence-electron chi connectivity index (χ4n) is 1.78. The highest BCUT2D eigenvalue weighted by Crippen LogP contribution is 2.29. The molecule has 1 aromatic carbocycles. The maximum atomic E-state index is 5.96. The number of rotatable bonds is 3. The normalized spacial score (nSPS) is 11.3. The maximum Gasteiger partial charge on any atom is 0.224 e. The first-order valence-electron chi connectivity index (χ1n) is 6.81. The number of halogens is 1. The van der Waals surface area contributed by atoms with Gasteiger partial charge in [0, 0.05) is 23.6 Å². The van der Waals surface area contributed by atoms with Gasteiger partial charge in [-0.15, -0.1) is 0 Å². The molecule has 5 heteroatoms. The third kappa shape index (κ3) is 3.85. The summed E-state index contributed by atoms with van der Waals surface area (Å²) in [4.78, 5) is 8.98. The second-order valence-electron chi connectivity index (χ2n) is 5.93. The molecule has 0 fully saturated rings. The third-order valence-corrected chi connectivity index (χ3v) is 3.22. The first kappa shape index (κ1) is 15.6. The summed E-state index contributed by atoms with van der Waals surface area (Å²) >= 11 is 5.96. The summed E-state index contributed by atoms with van der Waals surface area (Å²) in [5.41, 5.74) is 0.810. The van der Waals surface area contributed by atoms with E-state index < -0.39 is 0 Å². The fourth-order valence-corrected chi connectivity index (χ4v) is 2.01. The van der Waals surface area contributed by atoms with Crippen molar-refractivity contribution < 1.29 is 4.74 Å². The molecule has 1 N–H and O–H groups in total. The van der Waals surface area contributed by atoms with Gasteiger partial charge in [-0.1, -0.05) is 32.4 Å². The number of ether oxygens (including phenoxy) is 1. The van der Waals surface area contributed by atoms with Crippen LogP contribution in [0.5, 0.6) is 11.6 Å². The van der Waals surface area contributed by atoms with Crippen LogP contribution in [0.1, 0.15) is 32.2 Å². The first-order valence-corrected chi connectivity index (χ1v) is 7.19. The minimum atomic E-state index is -0.153. The second-order valence-corrected chi connectivity index (χ2v) is 6.36. The van der Waals surface area contributed by atoms with Gasteiger partial charge < -0.3 is 10.1 Å². The predicted octanol–water partition coefficient (Wildman–Crippen LogP) is 4.57. The largest absolute Gasteiger partial charge is 0.439 e. The van der Waals surface area contributed by atoms with Crippen LogP contribution in [0.2, 0.25) is 5.02 Å². The lowest BCUT2D eigenvalue weighted by molar-refractivity contribution is 0.444. The highest BCUT2D eigenvalue weighted by Gasteiger charge is 2.19. The van der Waals surface area contributed by atoms with Crippen molar-refractivity contribution in [2.45, 2.75) is 33.1 Å². The van der Waals surface area contributed by atoms with Crippen LogP contribution in [0.3, 0.4) is 0 Å². The Labute approximate surface area is 130 Å². The molecule has 0 aliphatic heterocycles. The predicted molar refractivity (Wildman–Crippen MR) is 86.5 cm³/mol. The molecule has 112 valence electrons. The van der Waals surface area contributed by atoms with Crippen molar-refractivity contribution >= 4 is 17.4 Å². The van der Waals surface area contributed by atoms with E-state index in [9.17, 15) is 0 Å². The van der Waals surface area contributed by atoms with E-state index in [4.69, 9.17) is 16.3 Å². The highest BCUT2D eigenvalue weighted by atomic mass is 35.5. The molecule has 4 nitrogen and oxygen atoms in total. The summed E-state index contributed by atoms with van der Waals surface area (Å²) in [5, 5.41) is 3.73. The summed E-state index contributed by atoms with van der Waals surface area (Å²) in [6.45, 7) is 8.16. The maximum absolute atomic E-state index is 5.96. The molecule has 0 spiro atoms. The van der Waals surface area contributed by atoms with Gasteiger partial charge >= 0.3 is 0 Å². The molecule has 21 heavy (non-hydrogen) atoms. The average molecular weight is 306 g/mol. The van der Waals surface area contributed by atoms with Gasteiger partial charge in [0.05, 0.1) is 0 Å². The number of nitrogens with zero attached hydrogens (tertiary/aromatic N) is 2. The smallest absolute Gasteiger partial charge is 0.224 e. The Kier molecular flexibility index (Phi) is 4.37. The van der Waals surface area contributed by atoms with Gasteiger partial charge in [-0.2, -0.15) is 4.98 Å². The van der Waals surface area contributed by atoms with Crippen molar-refractivity contribution in [3.8, 4) is 11.6 Å². The molecule has 0 aliphatic rings. The van der Waals surface area contributed by atoms with Crippen LogP contribution in [-0.4, -0.2) is 17.0 Å². The summed E-state index contributed by atoms with van der Waals surface area (Å²) in [6.07, 6.45) is 0. The lowest BCUT2D eigenvalue weighted by Crippen LogP contribution is -2.17. The van der Waals surface area contributed by atoms with Crippen LogP contribution in [0.4, 0.5) is 5.82 Å². The van der Waals surface area contributed by atoms with Crippen LogP contribution in [0.15, 0.2) is 24.3 Å². The second kappa shape index (κ2) is 5.90.